The number of rotatable bonds is 4. The van der Waals surface area contributed by atoms with Crippen molar-refractivity contribution in [2.45, 2.75) is 23.1 Å². The lowest BCUT2D eigenvalue weighted by Crippen LogP contribution is -2.49. The summed E-state index contributed by atoms with van der Waals surface area (Å²) in [5, 5.41) is 0.673. The van der Waals surface area contributed by atoms with E-state index in [9.17, 15) is 9.59 Å². The Hall–Kier alpha value is -2.44. The van der Waals surface area contributed by atoms with Crippen molar-refractivity contribution in [2.75, 3.05) is 44.7 Å². The van der Waals surface area contributed by atoms with Gasteiger partial charge in [0.1, 0.15) is 0 Å². The fraction of sp³-hybridized carbons (Fsp3) is 0.333. The van der Waals surface area contributed by atoms with Gasteiger partial charge in [-0.2, -0.15) is 0 Å². The molecule has 1 fully saturated rings. The van der Waals surface area contributed by atoms with E-state index < -0.39 is 0 Å². The number of benzene rings is 2. The van der Waals surface area contributed by atoms with Crippen LogP contribution in [0, 0.1) is 0 Å². The molecule has 0 bridgehead atoms. The molecule has 5 nitrogen and oxygen atoms in total. The second kappa shape index (κ2) is 9.37. The minimum Gasteiger partial charge on any atom is -0.374 e. The minimum atomic E-state index is -0.0408. The first kappa shape index (κ1) is 21.8. The number of likely N-dealkylation sites (N-methyl/N-ethyl adjacent to an activating group) is 1. The van der Waals surface area contributed by atoms with E-state index in [4.69, 9.17) is 11.6 Å². The van der Waals surface area contributed by atoms with Crippen LogP contribution in [0.3, 0.4) is 0 Å². The van der Waals surface area contributed by atoms with Crippen LogP contribution in [-0.4, -0.2) is 61.4 Å². The van der Waals surface area contributed by atoms with Gasteiger partial charge in [-0.1, -0.05) is 29.4 Å². The lowest BCUT2D eigenvalue weighted by atomic mass is 10.2. The molecule has 2 amide bonds. The summed E-state index contributed by atoms with van der Waals surface area (Å²) in [7, 11) is 2.12. The lowest BCUT2D eigenvalue weighted by molar-refractivity contribution is -0.135. The number of halogens is 1. The molecule has 2 aliphatic heterocycles. The normalized spacial score (nSPS) is 16.2. The van der Waals surface area contributed by atoms with Crippen molar-refractivity contribution in [3.05, 3.63) is 58.6 Å². The number of fused-ring (bicyclic) bond motifs is 1. The van der Waals surface area contributed by atoms with Gasteiger partial charge < -0.3 is 14.7 Å². The number of hydrogen-bond acceptors (Lipinski definition) is 4. The average Bonchev–Trinajstić information content (AvgIpc) is 3.14. The maximum Gasteiger partial charge on any atom is 0.246 e. The molecule has 2 aromatic rings. The van der Waals surface area contributed by atoms with Crippen LogP contribution in [0.1, 0.15) is 18.1 Å². The summed E-state index contributed by atoms with van der Waals surface area (Å²) in [6, 6.07) is 12.4. The van der Waals surface area contributed by atoms with Crippen molar-refractivity contribution in [1.82, 2.24) is 9.80 Å². The Kier molecular flexibility index (Phi) is 6.58. The van der Waals surface area contributed by atoms with Gasteiger partial charge in [0.05, 0.1) is 5.02 Å². The lowest BCUT2D eigenvalue weighted by Gasteiger charge is -2.33. The number of piperazine rings is 1. The molecular formula is C24H26ClN3O2S. The zero-order valence-corrected chi connectivity index (χ0v) is 19.4. The third kappa shape index (κ3) is 5.08. The molecule has 7 heteroatoms. The van der Waals surface area contributed by atoms with Crippen molar-refractivity contribution in [3.8, 4) is 0 Å². The van der Waals surface area contributed by atoms with Crippen LogP contribution in [-0.2, 0) is 16.0 Å². The van der Waals surface area contributed by atoms with Crippen molar-refractivity contribution in [2.24, 2.45) is 0 Å². The molecule has 162 valence electrons. The third-order valence-corrected chi connectivity index (χ3v) is 7.31. The Labute approximate surface area is 192 Å². The van der Waals surface area contributed by atoms with Gasteiger partial charge in [-0.25, -0.2) is 0 Å². The SMILES string of the molecule is CC(=O)N1CCN(C(=O)/C=C/c2ccc(Sc3ccc4c(c3)CCN4C)c(Cl)c2)CC1. The summed E-state index contributed by atoms with van der Waals surface area (Å²) in [5.74, 6) is 0.0170. The molecule has 1 saturated heterocycles. The molecule has 4 rings (SSSR count). The van der Waals surface area contributed by atoms with Gasteiger partial charge in [0, 0.05) is 68.2 Å². The van der Waals surface area contributed by atoms with Crippen LogP contribution in [0.15, 0.2) is 52.3 Å². The summed E-state index contributed by atoms with van der Waals surface area (Å²) in [6.45, 7) is 4.94. The van der Waals surface area contributed by atoms with Crippen molar-refractivity contribution in [3.63, 3.8) is 0 Å². The maximum absolute atomic E-state index is 12.5. The Morgan fingerprint density at radius 1 is 1.00 bits per heavy atom. The summed E-state index contributed by atoms with van der Waals surface area (Å²) >= 11 is 8.19. The van der Waals surface area contributed by atoms with Crippen molar-refractivity contribution >= 4 is 46.9 Å². The van der Waals surface area contributed by atoms with E-state index in [0.29, 0.717) is 31.2 Å². The zero-order chi connectivity index (χ0) is 22.0. The fourth-order valence-electron chi connectivity index (χ4n) is 3.95. The summed E-state index contributed by atoms with van der Waals surface area (Å²) in [5.41, 5.74) is 3.58. The minimum absolute atomic E-state index is 0.0408. The van der Waals surface area contributed by atoms with Crippen LogP contribution in [0.25, 0.3) is 6.08 Å². The van der Waals surface area contributed by atoms with Crippen LogP contribution >= 0.6 is 23.4 Å². The third-order valence-electron chi connectivity index (χ3n) is 5.82. The van der Waals surface area contributed by atoms with E-state index in [-0.39, 0.29) is 11.8 Å². The molecule has 0 spiro atoms. The first-order chi connectivity index (χ1) is 14.9. The van der Waals surface area contributed by atoms with Crippen molar-refractivity contribution < 1.29 is 9.59 Å². The Balaban J connectivity index is 1.37. The Morgan fingerprint density at radius 3 is 2.45 bits per heavy atom. The highest BCUT2D eigenvalue weighted by Crippen LogP contribution is 2.37. The first-order valence-electron chi connectivity index (χ1n) is 10.4. The molecule has 0 aliphatic carbocycles. The van der Waals surface area contributed by atoms with Gasteiger partial charge in [-0.15, -0.1) is 0 Å². The number of amides is 2. The van der Waals surface area contributed by atoms with Gasteiger partial charge in [0.25, 0.3) is 0 Å². The van der Waals surface area contributed by atoms with Gasteiger partial charge >= 0.3 is 0 Å². The van der Waals surface area contributed by atoms with E-state index >= 15 is 0 Å². The van der Waals surface area contributed by atoms with Gasteiger partial charge in [-0.05, 0) is 54.0 Å². The van der Waals surface area contributed by atoms with Crippen LogP contribution in [0.5, 0.6) is 0 Å². The Morgan fingerprint density at radius 2 is 1.74 bits per heavy atom. The summed E-state index contributed by atoms with van der Waals surface area (Å²) in [4.78, 5) is 31.9. The number of anilines is 1. The van der Waals surface area contributed by atoms with Crippen molar-refractivity contribution in [1.29, 1.82) is 0 Å². The summed E-state index contributed by atoms with van der Waals surface area (Å²) < 4.78 is 0. The second-order valence-electron chi connectivity index (χ2n) is 7.92. The molecule has 2 aliphatic rings. The number of hydrogen-bond donors (Lipinski definition) is 0. The van der Waals surface area contributed by atoms with Crippen LogP contribution < -0.4 is 4.90 Å². The predicted octanol–water partition coefficient (Wildman–Crippen LogP) is 4.19. The Bertz CT molecular complexity index is 1030. The molecule has 0 N–H and O–H groups in total. The number of carbonyl (C=O) groups excluding carboxylic acids is 2. The smallest absolute Gasteiger partial charge is 0.246 e. The number of nitrogens with zero attached hydrogens (tertiary/aromatic N) is 3. The van der Waals surface area contributed by atoms with E-state index in [1.807, 2.05) is 18.2 Å². The standard InChI is InChI=1S/C24H26ClN3O2S/c1-17(29)27-11-13-28(14-12-27)24(30)8-4-18-3-7-23(21(25)15-18)31-20-5-6-22-19(16-20)9-10-26(22)2/h3-8,15-16H,9-14H2,1-2H3/b8-4+. The fourth-order valence-corrected chi connectivity index (χ4v) is 5.14. The molecule has 0 unspecified atom stereocenters. The average molecular weight is 456 g/mol. The largest absolute Gasteiger partial charge is 0.374 e. The topological polar surface area (TPSA) is 43.9 Å². The van der Waals surface area contributed by atoms with Gasteiger partial charge in [0.2, 0.25) is 11.8 Å². The zero-order valence-electron chi connectivity index (χ0n) is 17.8. The van der Waals surface area contributed by atoms with Crippen LogP contribution in [0.4, 0.5) is 5.69 Å². The number of carbonyl (C=O) groups is 2. The summed E-state index contributed by atoms with van der Waals surface area (Å²) in [6.07, 6.45) is 4.46. The molecule has 2 heterocycles. The molecule has 0 saturated carbocycles. The quantitative estimate of drug-likeness (QED) is 0.648. The van der Waals surface area contributed by atoms with E-state index in [1.165, 1.54) is 16.1 Å². The molecule has 0 aromatic heterocycles. The highest BCUT2D eigenvalue weighted by Gasteiger charge is 2.21. The highest BCUT2D eigenvalue weighted by molar-refractivity contribution is 7.99. The molecule has 0 atom stereocenters. The van der Waals surface area contributed by atoms with E-state index in [2.05, 4.69) is 30.1 Å². The van der Waals surface area contributed by atoms with E-state index in [0.717, 1.165) is 23.4 Å². The van der Waals surface area contributed by atoms with Crippen LogP contribution in [0.2, 0.25) is 5.02 Å². The highest BCUT2D eigenvalue weighted by atomic mass is 35.5. The molecule has 2 aromatic carbocycles. The molecular weight excluding hydrogens is 430 g/mol. The van der Waals surface area contributed by atoms with E-state index in [1.54, 1.807) is 40.6 Å². The van der Waals surface area contributed by atoms with Gasteiger partial charge in [-0.3, -0.25) is 9.59 Å². The monoisotopic (exact) mass is 455 g/mol. The predicted molar refractivity (Wildman–Crippen MR) is 127 cm³/mol. The van der Waals surface area contributed by atoms with Gasteiger partial charge in [0.15, 0.2) is 0 Å². The maximum atomic E-state index is 12.5. The second-order valence-corrected chi connectivity index (χ2v) is 9.44. The molecule has 31 heavy (non-hydrogen) atoms. The molecule has 0 radical (unpaired) electrons. The first-order valence-corrected chi connectivity index (χ1v) is 11.6.